The zero-order chi connectivity index (χ0) is 28.7. The highest BCUT2D eigenvalue weighted by molar-refractivity contribution is 9.09. The molecular weight excluding hydrogens is 544 g/mol. The summed E-state index contributed by atoms with van der Waals surface area (Å²) in [5.74, 6) is 0.588. The van der Waals surface area contributed by atoms with Gasteiger partial charge in [-0.05, 0) is 63.7 Å². The van der Waals surface area contributed by atoms with Gasteiger partial charge in [-0.25, -0.2) is 0 Å². The van der Waals surface area contributed by atoms with Gasteiger partial charge in [-0.3, -0.25) is 4.79 Å². The first-order valence-corrected chi connectivity index (χ1v) is 18.7. The van der Waals surface area contributed by atoms with Crippen molar-refractivity contribution in [3.05, 3.63) is 12.2 Å². The number of esters is 1. The molecule has 0 aliphatic rings. The summed E-state index contributed by atoms with van der Waals surface area (Å²) >= 11 is 3.51. The van der Waals surface area contributed by atoms with Crippen molar-refractivity contribution >= 4 is 21.9 Å². The van der Waals surface area contributed by atoms with Gasteiger partial charge in [-0.2, -0.15) is 0 Å². The Hall–Kier alpha value is -0.310. The Morgan fingerprint density at radius 3 is 1.56 bits per heavy atom. The van der Waals surface area contributed by atoms with Crippen molar-refractivity contribution in [2.45, 2.75) is 200 Å². The number of rotatable bonds is 31. The molecule has 2 atom stereocenters. The lowest BCUT2D eigenvalue weighted by Crippen LogP contribution is -2.27. The Balaban J connectivity index is 4.93. The van der Waals surface area contributed by atoms with Crippen LogP contribution in [0.3, 0.4) is 0 Å². The van der Waals surface area contributed by atoms with Crippen LogP contribution < -0.4 is 0 Å². The molecule has 0 saturated carbocycles. The van der Waals surface area contributed by atoms with Gasteiger partial charge in [-0.15, -0.1) is 0 Å². The normalized spacial score (nSPS) is 13.2. The highest BCUT2D eigenvalue weighted by Gasteiger charge is 2.24. The van der Waals surface area contributed by atoms with Crippen molar-refractivity contribution in [2.24, 2.45) is 5.92 Å². The molecule has 0 aromatic rings. The van der Waals surface area contributed by atoms with Gasteiger partial charge in [0.1, 0.15) is 6.10 Å². The summed E-state index contributed by atoms with van der Waals surface area (Å²) in [5, 5.41) is 1.02. The van der Waals surface area contributed by atoms with Gasteiger partial charge in [0, 0.05) is 11.8 Å². The van der Waals surface area contributed by atoms with Crippen molar-refractivity contribution in [1.29, 1.82) is 0 Å². The molecule has 0 heterocycles. The van der Waals surface area contributed by atoms with Crippen LogP contribution in [0.25, 0.3) is 0 Å². The second-order valence-electron chi connectivity index (χ2n) is 12.0. The Bertz CT molecular complexity index is 518. The molecule has 2 nitrogen and oxygen atoms in total. The average Bonchev–Trinajstić information content (AvgIpc) is 2.94. The fraction of sp³-hybridized carbons (Fsp3) is 0.917. The van der Waals surface area contributed by atoms with Crippen LogP contribution >= 0.6 is 15.9 Å². The van der Waals surface area contributed by atoms with Gasteiger partial charge >= 0.3 is 5.97 Å². The highest BCUT2D eigenvalue weighted by atomic mass is 79.9. The van der Waals surface area contributed by atoms with Crippen LogP contribution in [0, 0.1) is 5.92 Å². The van der Waals surface area contributed by atoms with Crippen molar-refractivity contribution in [3.63, 3.8) is 0 Å². The summed E-state index contributed by atoms with van der Waals surface area (Å²) in [6.45, 7) is 6.85. The van der Waals surface area contributed by atoms with Crippen molar-refractivity contribution in [3.8, 4) is 0 Å². The number of halogens is 1. The first-order valence-electron chi connectivity index (χ1n) is 17.6. The molecule has 0 radical (unpaired) electrons. The fourth-order valence-corrected chi connectivity index (χ4v) is 5.98. The molecule has 0 fully saturated rings. The number of carbonyl (C=O) groups is 1. The number of alkyl halides is 1. The molecule has 0 N–H and O–H groups in total. The Morgan fingerprint density at radius 1 is 0.564 bits per heavy atom. The lowest BCUT2D eigenvalue weighted by atomic mass is 9.87. The molecule has 0 spiro atoms. The molecule has 0 bridgehead atoms. The molecular formula is C36H69BrO2. The largest absolute Gasteiger partial charge is 0.462 e. The van der Waals surface area contributed by atoms with E-state index >= 15 is 0 Å². The maximum absolute atomic E-state index is 12.9. The van der Waals surface area contributed by atoms with E-state index in [0.717, 1.165) is 43.9 Å². The summed E-state index contributed by atoms with van der Waals surface area (Å²) < 4.78 is 6.30. The highest BCUT2D eigenvalue weighted by Crippen LogP contribution is 2.28. The summed E-state index contributed by atoms with van der Waals surface area (Å²) in [6, 6.07) is 0. The molecule has 0 rings (SSSR count). The standard InChI is InChI=1S/C36H69BrO2/c1-4-7-10-13-16-18-21-25-30-34(29-24-20-15-12-9-6-3)35(39-36(38)32-27-23-28-33-37)31-26-22-19-17-14-11-8-5-2/h17,19,34-35H,4-16,18,20-33H2,1-3H3. The Labute approximate surface area is 254 Å². The van der Waals surface area contributed by atoms with E-state index in [4.69, 9.17) is 4.74 Å². The molecule has 0 aromatic carbocycles. The quantitative estimate of drug-likeness (QED) is 0.0336. The fourth-order valence-electron chi connectivity index (χ4n) is 5.59. The zero-order valence-corrected chi connectivity index (χ0v) is 28.4. The summed E-state index contributed by atoms with van der Waals surface area (Å²) in [4.78, 5) is 12.9. The number of allylic oxidation sites excluding steroid dienone is 2. The van der Waals surface area contributed by atoms with Crippen molar-refractivity contribution in [2.75, 3.05) is 5.33 Å². The van der Waals surface area contributed by atoms with E-state index in [1.165, 1.54) is 128 Å². The van der Waals surface area contributed by atoms with E-state index < -0.39 is 0 Å². The summed E-state index contributed by atoms with van der Waals surface area (Å²) in [6.07, 6.45) is 38.5. The lowest BCUT2D eigenvalue weighted by Gasteiger charge is -2.28. The summed E-state index contributed by atoms with van der Waals surface area (Å²) in [7, 11) is 0. The van der Waals surface area contributed by atoms with E-state index in [1.807, 2.05) is 0 Å². The maximum atomic E-state index is 12.9. The van der Waals surface area contributed by atoms with Crippen LogP contribution in [-0.4, -0.2) is 17.4 Å². The molecule has 0 aliphatic carbocycles. The van der Waals surface area contributed by atoms with E-state index in [1.54, 1.807) is 0 Å². The molecule has 0 amide bonds. The second-order valence-corrected chi connectivity index (χ2v) is 12.8. The van der Waals surface area contributed by atoms with Gasteiger partial charge in [-0.1, -0.05) is 158 Å². The van der Waals surface area contributed by atoms with Crippen LogP contribution in [0.4, 0.5) is 0 Å². The van der Waals surface area contributed by atoms with Gasteiger partial charge in [0.15, 0.2) is 0 Å². The third-order valence-electron chi connectivity index (χ3n) is 8.18. The third-order valence-corrected chi connectivity index (χ3v) is 8.74. The lowest BCUT2D eigenvalue weighted by molar-refractivity contribution is -0.153. The molecule has 3 heteroatoms. The minimum absolute atomic E-state index is 0.0496. The predicted octanol–water partition coefficient (Wildman–Crippen LogP) is 13.1. The topological polar surface area (TPSA) is 26.3 Å². The number of hydrogen-bond donors (Lipinski definition) is 0. The zero-order valence-electron chi connectivity index (χ0n) is 26.8. The predicted molar refractivity (Wildman–Crippen MR) is 178 cm³/mol. The molecule has 0 aromatic heterocycles. The monoisotopic (exact) mass is 612 g/mol. The number of carbonyl (C=O) groups excluding carboxylic acids is 1. The van der Waals surface area contributed by atoms with Gasteiger partial charge < -0.3 is 4.74 Å². The van der Waals surface area contributed by atoms with Gasteiger partial charge in [0.05, 0.1) is 0 Å². The van der Waals surface area contributed by atoms with E-state index in [2.05, 4.69) is 48.9 Å². The van der Waals surface area contributed by atoms with E-state index in [9.17, 15) is 4.79 Å². The van der Waals surface area contributed by atoms with Crippen LogP contribution in [-0.2, 0) is 9.53 Å². The van der Waals surface area contributed by atoms with E-state index in [0.29, 0.717) is 12.3 Å². The minimum Gasteiger partial charge on any atom is -0.462 e. The van der Waals surface area contributed by atoms with E-state index in [-0.39, 0.29) is 12.1 Å². The van der Waals surface area contributed by atoms with Crippen LogP contribution in [0.5, 0.6) is 0 Å². The minimum atomic E-state index is 0.0496. The molecule has 232 valence electrons. The molecule has 2 unspecified atom stereocenters. The Kier molecular flexibility index (Phi) is 32.0. The van der Waals surface area contributed by atoms with Gasteiger partial charge in [0.25, 0.3) is 0 Å². The third kappa shape index (κ3) is 27.6. The van der Waals surface area contributed by atoms with Crippen LogP contribution in [0.15, 0.2) is 12.2 Å². The average molecular weight is 614 g/mol. The van der Waals surface area contributed by atoms with Gasteiger partial charge in [0.2, 0.25) is 0 Å². The van der Waals surface area contributed by atoms with Crippen LogP contribution in [0.1, 0.15) is 194 Å². The molecule has 39 heavy (non-hydrogen) atoms. The molecule has 0 aliphatic heterocycles. The first kappa shape index (κ1) is 38.7. The number of hydrogen-bond acceptors (Lipinski definition) is 2. The maximum Gasteiger partial charge on any atom is 0.306 e. The molecule has 0 saturated heterocycles. The van der Waals surface area contributed by atoms with Crippen molar-refractivity contribution in [1.82, 2.24) is 0 Å². The SMILES string of the molecule is CCCCCC=CCCCC(OC(=O)CCCCCBr)C(CCCCCCCC)CCCCCCCCCC. The second kappa shape index (κ2) is 32.2. The smallest absolute Gasteiger partial charge is 0.306 e. The van der Waals surface area contributed by atoms with Crippen LogP contribution in [0.2, 0.25) is 0 Å². The number of unbranched alkanes of at least 4 members (excludes halogenated alkanes) is 18. The Morgan fingerprint density at radius 2 is 1.03 bits per heavy atom. The summed E-state index contributed by atoms with van der Waals surface area (Å²) in [5.41, 5.74) is 0. The number of ether oxygens (including phenoxy) is 1. The first-order chi connectivity index (χ1) is 19.2. The van der Waals surface area contributed by atoms with Crippen molar-refractivity contribution < 1.29 is 9.53 Å².